The summed E-state index contributed by atoms with van der Waals surface area (Å²) in [6.45, 7) is 2.19. The van der Waals surface area contributed by atoms with Crippen LogP contribution in [0.4, 0.5) is 0 Å². The Morgan fingerprint density at radius 3 is 1.65 bits per heavy atom. The van der Waals surface area contributed by atoms with Crippen LogP contribution in [-0.4, -0.2) is 14.5 Å². The minimum absolute atomic E-state index is 0.726. The molecule has 0 atom stereocenters. The molecule has 3 aromatic heterocycles. The van der Waals surface area contributed by atoms with Gasteiger partial charge in [0.05, 0.1) is 22.4 Å². The number of rotatable bonds is 5. The van der Waals surface area contributed by atoms with E-state index in [1.807, 2.05) is 23.5 Å². The van der Waals surface area contributed by atoms with E-state index < -0.39 is 0 Å². The van der Waals surface area contributed by atoms with Crippen LogP contribution in [0.2, 0.25) is 0 Å². The number of aryl methyl sites for hydroxylation is 1. The Balaban J connectivity index is 1.24. The molecular formula is C47H31N3S. The van der Waals surface area contributed by atoms with Crippen LogP contribution < -0.4 is 0 Å². The molecule has 0 aliphatic heterocycles. The highest BCUT2D eigenvalue weighted by atomic mass is 32.1. The van der Waals surface area contributed by atoms with Crippen molar-refractivity contribution in [1.82, 2.24) is 14.5 Å². The van der Waals surface area contributed by atoms with Crippen molar-refractivity contribution in [3.8, 4) is 50.7 Å². The SMILES string of the molecule is Cc1cc(-c2cc(-c3nc(-c4ccccc4)cc(-c4ccccc4)n3)c3sc4ccccc4c3c2)cc(-n2c3ccccc3c3ccccc32)c1. The molecule has 0 aliphatic carbocycles. The fourth-order valence-electron chi connectivity index (χ4n) is 7.50. The summed E-state index contributed by atoms with van der Waals surface area (Å²) in [7, 11) is 0. The average molecular weight is 670 g/mol. The van der Waals surface area contributed by atoms with Gasteiger partial charge in [0.15, 0.2) is 5.82 Å². The molecule has 0 spiro atoms. The molecule has 51 heavy (non-hydrogen) atoms. The predicted molar refractivity (Wildman–Crippen MR) is 216 cm³/mol. The number of benzene rings is 7. The predicted octanol–water partition coefficient (Wildman–Crippen LogP) is 12.9. The normalized spacial score (nSPS) is 11.6. The van der Waals surface area contributed by atoms with Gasteiger partial charge in [-0.25, -0.2) is 9.97 Å². The highest BCUT2D eigenvalue weighted by Crippen LogP contribution is 2.43. The van der Waals surface area contributed by atoms with E-state index in [9.17, 15) is 0 Å². The number of para-hydroxylation sites is 2. The first-order chi connectivity index (χ1) is 25.2. The second kappa shape index (κ2) is 11.9. The van der Waals surface area contributed by atoms with Gasteiger partial charge in [0.1, 0.15) is 0 Å². The molecule has 0 N–H and O–H groups in total. The Labute approximate surface area is 299 Å². The highest BCUT2D eigenvalue weighted by molar-refractivity contribution is 7.26. The molecule has 7 aromatic carbocycles. The summed E-state index contributed by atoms with van der Waals surface area (Å²) < 4.78 is 4.85. The maximum atomic E-state index is 5.29. The molecule has 4 heteroatoms. The molecule has 0 unspecified atom stereocenters. The minimum atomic E-state index is 0.726. The van der Waals surface area contributed by atoms with Crippen LogP contribution in [-0.2, 0) is 0 Å². The van der Waals surface area contributed by atoms with E-state index in [1.54, 1.807) is 0 Å². The van der Waals surface area contributed by atoms with Gasteiger partial charge in [-0.2, -0.15) is 0 Å². The van der Waals surface area contributed by atoms with Crippen molar-refractivity contribution in [2.24, 2.45) is 0 Å². The van der Waals surface area contributed by atoms with E-state index >= 15 is 0 Å². The van der Waals surface area contributed by atoms with Crippen LogP contribution in [0.5, 0.6) is 0 Å². The zero-order valence-electron chi connectivity index (χ0n) is 27.9. The van der Waals surface area contributed by atoms with Crippen LogP contribution in [0.25, 0.3) is 92.7 Å². The third kappa shape index (κ3) is 5.03. The summed E-state index contributed by atoms with van der Waals surface area (Å²) in [6.07, 6.45) is 0. The van der Waals surface area contributed by atoms with E-state index in [1.165, 1.54) is 47.5 Å². The van der Waals surface area contributed by atoms with Gasteiger partial charge in [-0.1, -0.05) is 121 Å². The third-order valence-electron chi connectivity index (χ3n) is 9.82. The lowest BCUT2D eigenvalue weighted by Gasteiger charge is -2.14. The molecule has 0 saturated heterocycles. The highest BCUT2D eigenvalue weighted by Gasteiger charge is 2.19. The number of nitrogens with zero attached hydrogens (tertiary/aromatic N) is 3. The topological polar surface area (TPSA) is 30.7 Å². The van der Waals surface area contributed by atoms with Crippen molar-refractivity contribution in [2.75, 3.05) is 0 Å². The van der Waals surface area contributed by atoms with E-state index in [-0.39, 0.29) is 0 Å². The van der Waals surface area contributed by atoms with Crippen molar-refractivity contribution in [3.63, 3.8) is 0 Å². The van der Waals surface area contributed by atoms with Gasteiger partial charge in [0, 0.05) is 53.3 Å². The van der Waals surface area contributed by atoms with Gasteiger partial charge in [-0.3, -0.25) is 0 Å². The first-order valence-electron chi connectivity index (χ1n) is 17.2. The molecule has 3 nitrogen and oxygen atoms in total. The summed E-state index contributed by atoms with van der Waals surface area (Å²) in [5, 5.41) is 4.99. The van der Waals surface area contributed by atoms with Crippen molar-refractivity contribution < 1.29 is 0 Å². The number of aromatic nitrogens is 3. The molecular weight excluding hydrogens is 639 g/mol. The first kappa shape index (κ1) is 29.5. The fraction of sp³-hybridized carbons (Fsp3) is 0.0213. The lowest BCUT2D eigenvalue weighted by atomic mass is 9.97. The molecule has 10 rings (SSSR count). The number of hydrogen-bond acceptors (Lipinski definition) is 3. The maximum Gasteiger partial charge on any atom is 0.161 e. The molecule has 0 radical (unpaired) electrons. The van der Waals surface area contributed by atoms with Gasteiger partial charge in [0.2, 0.25) is 0 Å². The van der Waals surface area contributed by atoms with Crippen molar-refractivity contribution >= 4 is 53.3 Å². The van der Waals surface area contributed by atoms with Gasteiger partial charge in [0.25, 0.3) is 0 Å². The van der Waals surface area contributed by atoms with Crippen LogP contribution in [0.1, 0.15) is 5.56 Å². The summed E-state index contributed by atoms with van der Waals surface area (Å²) in [5.41, 5.74) is 12.0. The van der Waals surface area contributed by atoms with E-state index in [0.717, 1.165) is 50.7 Å². The van der Waals surface area contributed by atoms with Gasteiger partial charge >= 0.3 is 0 Å². The lowest BCUT2D eigenvalue weighted by molar-refractivity contribution is 1.17. The van der Waals surface area contributed by atoms with Crippen LogP contribution in [0.15, 0.2) is 170 Å². The van der Waals surface area contributed by atoms with Crippen LogP contribution in [0.3, 0.4) is 0 Å². The van der Waals surface area contributed by atoms with Gasteiger partial charge in [-0.15, -0.1) is 11.3 Å². The second-order valence-electron chi connectivity index (χ2n) is 13.1. The molecule has 10 aromatic rings. The quantitative estimate of drug-likeness (QED) is 0.183. The molecule has 0 fully saturated rings. The Hall–Kier alpha value is -6.36. The Morgan fingerprint density at radius 1 is 0.451 bits per heavy atom. The average Bonchev–Trinajstić information content (AvgIpc) is 3.74. The summed E-state index contributed by atoms with van der Waals surface area (Å²) >= 11 is 1.81. The Kier molecular flexibility index (Phi) is 6.90. The third-order valence-corrected chi connectivity index (χ3v) is 11.0. The van der Waals surface area contributed by atoms with E-state index in [0.29, 0.717) is 0 Å². The molecule has 240 valence electrons. The van der Waals surface area contributed by atoms with Crippen molar-refractivity contribution in [2.45, 2.75) is 6.92 Å². The number of hydrogen-bond donors (Lipinski definition) is 0. The Bertz CT molecular complexity index is 2810. The van der Waals surface area contributed by atoms with Gasteiger partial charge < -0.3 is 4.57 Å². The summed E-state index contributed by atoms with van der Waals surface area (Å²) in [6, 6.07) is 60.6. The van der Waals surface area contributed by atoms with E-state index in [2.05, 4.69) is 169 Å². The molecule has 0 aliphatic rings. The molecule has 3 heterocycles. The molecule has 0 amide bonds. The lowest BCUT2D eigenvalue weighted by Crippen LogP contribution is -1.97. The zero-order valence-corrected chi connectivity index (χ0v) is 28.7. The number of thiophene rings is 1. The first-order valence-corrected chi connectivity index (χ1v) is 18.1. The minimum Gasteiger partial charge on any atom is -0.309 e. The monoisotopic (exact) mass is 669 g/mol. The molecule has 0 bridgehead atoms. The van der Waals surface area contributed by atoms with Crippen LogP contribution in [0, 0.1) is 6.92 Å². The molecule has 0 saturated carbocycles. The maximum absolute atomic E-state index is 5.29. The largest absolute Gasteiger partial charge is 0.309 e. The van der Waals surface area contributed by atoms with Crippen molar-refractivity contribution in [3.05, 3.63) is 175 Å². The standard InChI is InChI=1S/C47H31N3S/c1-30-24-33(26-35(25-30)50-43-21-11-8-18-36(43)37-19-9-12-22-44(37)50)34-27-39-38-20-10-13-23-45(38)51-46(39)40(28-34)47-48-41(31-14-4-2-5-15-31)29-42(49-47)32-16-6-3-7-17-32/h2-29H,1H3. The smallest absolute Gasteiger partial charge is 0.161 e. The van der Waals surface area contributed by atoms with Crippen molar-refractivity contribution in [1.29, 1.82) is 0 Å². The number of fused-ring (bicyclic) bond motifs is 6. The summed E-state index contributed by atoms with van der Waals surface area (Å²) in [5.74, 6) is 0.726. The summed E-state index contributed by atoms with van der Waals surface area (Å²) in [4.78, 5) is 10.6. The van der Waals surface area contributed by atoms with Gasteiger partial charge in [-0.05, 0) is 72.1 Å². The van der Waals surface area contributed by atoms with Crippen LogP contribution >= 0.6 is 11.3 Å². The van der Waals surface area contributed by atoms with E-state index in [4.69, 9.17) is 9.97 Å². The fourth-order valence-corrected chi connectivity index (χ4v) is 8.69. The second-order valence-corrected chi connectivity index (χ2v) is 14.2. The Morgan fingerprint density at radius 2 is 1.00 bits per heavy atom. The zero-order chi connectivity index (χ0) is 33.9.